The normalized spacial score (nSPS) is 31.0. The molecule has 1 rings (SSSR count). The van der Waals surface area contributed by atoms with Crippen LogP contribution in [0.4, 0.5) is 0 Å². The lowest BCUT2D eigenvalue weighted by molar-refractivity contribution is -0.189. The molecule has 0 N–H and O–H groups in total. The summed E-state index contributed by atoms with van der Waals surface area (Å²) in [6, 6.07) is 0. The fourth-order valence-electron chi connectivity index (χ4n) is 3.18. The van der Waals surface area contributed by atoms with Crippen molar-refractivity contribution in [3.8, 4) is 0 Å². The summed E-state index contributed by atoms with van der Waals surface area (Å²) in [5.41, 5.74) is -2.97. The predicted molar refractivity (Wildman–Crippen MR) is 75.6 cm³/mol. The molecule has 0 unspecified atom stereocenters. The van der Waals surface area contributed by atoms with Gasteiger partial charge in [0.05, 0.1) is 14.2 Å². The van der Waals surface area contributed by atoms with E-state index in [0.717, 1.165) is 0 Å². The van der Waals surface area contributed by atoms with Crippen LogP contribution < -0.4 is 0 Å². The van der Waals surface area contributed by atoms with Crippen LogP contribution in [0.2, 0.25) is 0 Å². The summed E-state index contributed by atoms with van der Waals surface area (Å²) in [5.74, 6) is -2.28. The molecule has 21 heavy (non-hydrogen) atoms. The van der Waals surface area contributed by atoms with E-state index in [1.54, 1.807) is 13.8 Å². The summed E-state index contributed by atoms with van der Waals surface area (Å²) in [6.07, 6.45) is 1.91. The molecule has 0 radical (unpaired) electrons. The molecular formula is C15H26O6. The van der Waals surface area contributed by atoms with Crippen molar-refractivity contribution in [1.82, 2.24) is 0 Å². The maximum absolute atomic E-state index is 12.5. The number of rotatable bonds is 6. The maximum Gasteiger partial charge on any atom is 0.341 e. The SMILES string of the molecule is CCC[C@@]1(C(=O)OC)OC(C)(C)O[C@@]1(CCC)C(=O)OC. The number of carbonyl (C=O) groups is 2. The highest BCUT2D eigenvalue weighted by molar-refractivity contribution is 5.93. The second kappa shape index (κ2) is 6.32. The Kier molecular flexibility index (Phi) is 5.39. The van der Waals surface area contributed by atoms with Crippen molar-refractivity contribution in [2.75, 3.05) is 14.2 Å². The third-order valence-corrected chi connectivity index (χ3v) is 3.73. The Labute approximate surface area is 126 Å². The Bertz CT molecular complexity index is 369. The number of hydrogen-bond donors (Lipinski definition) is 0. The standard InChI is InChI=1S/C15H26O6/c1-7-9-14(11(16)18-5)15(10-8-2,12(17)19-6)21-13(3,4)20-14/h7-10H2,1-6H3/t14-,15-/m0/s1. The lowest BCUT2D eigenvalue weighted by atomic mass is 9.76. The van der Waals surface area contributed by atoms with Gasteiger partial charge in [0, 0.05) is 0 Å². The Morgan fingerprint density at radius 1 is 0.857 bits per heavy atom. The van der Waals surface area contributed by atoms with Crippen LogP contribution in [-0.4, -0.2) is 43.1 Å². The Morgan fingerprint density at radius 3 is 1.43 bits per heavy atom. The molecule has 0 aromatic rings. The topological polar surface area (TPSA) is 71.1 Å². The van der Waals surface area contributed by atoms with E-state index in [1.807, 2.05) is 13.8 Å². The second-order valence-corrected chi connectivity index (χ2v) is 5.74. The zero-order valence-electron chi connectivity index (χ0n) is 13.8. The number of methoxy groups -OCH3 is 2. The summed E-state index contributed by atoms with van der Waals surface area (Å²) >= 11 is 0. The number of esters is 2. The van der Waals surface area contributed by atoms with Gasteiger partial charge in [0.15, 0.2) is 5.79 Å². The molecule has 0 amide bonds. The van der Waals surface area contributed by atoms with Crippen LogP contribution >= 0.6 is 0 Å². The molecule has 0 aromatic carbocycles. The molecule has 6 nitrogen and oxygen atoms in total. The lowest BCUT2D eigenvalue weighted by Gasteiger charge is -2.37. The van der Waals surface area contributed by atoms with Crippen LogP contribution in [0.25, 0.3) is 0 Å². The summed E-state index contributed by atoms with van der Waals surface area (Å²) in [7, 11) is 2.56. The minimum absolute atomic E-state index is 0.318. The molecule has 2 atom stereocenters. The molecule has 0 aromatic heterocycles. The summed E-state index contributed by atoms with van der Waals surface area (Å²) < 4.78 is 21.7. The highest BCUT2D eigenvalue weighted by atomic mass is 16.8. The number of carbonyl (C=O) groups excluding carboxylic acids is 2. The third-order valence-electron chi connectivity index (χ3n) is 3.73. The minimum atomic E-state index is -1.48. The van der Waals surface area contributed by atoms with Crippen molar-refractivity contribution in [2.45, 2.75) is 70.4 Å². The van der Waals surface area contributed by atoms with Gasteiger partial charge in [-0.3, -0.25) is 0 Å². The first-order valence-electron chi connectivity index (χ1n) is 7.32. The van der Waals surface area contributed by atoms with Crippen molar-refractivity contribution < 1.29 is 28.5 Å². The van der Waals surface area contributed by atoms with Crippen LogP contribution in [-0.2, 0) is 28.5 Å². The van der Waals surface area contributed by atoms with Gasteiger partial charge in [-0.1, -0.05) is 26.7 Å². The first kappa shape index (κ1) is 17.9. The molecule has 1 saturated heterocycles. The van der Waals surface area contributed by atoms with Crippen LogP contribution in [0, 0.1) is 0 Å². The van der Waals surface area contributed by atoms with E-state index in [-0.39, 0.29) is 0 Å². The van der Waals surface area contributed by atoms with Gasteiger partial charge >= 0.3 is 11.9 Å². The van der Waals surface area contributed by atoms with Gasteiger partial charge in [0.25, 0.3) is 0 Å². The quantitative estimate of drug-likeness (QED) is 0.700. The Hall–Kier alpha value is -1.14. The van der Waals surface area contributed by atoms with Crippen molar-refractivity contribution >= 4 is 11.9 Å². The van der Waals surface area contributed by atoms with Crippen molar-refractivity contribution in [2.24, 2.45) is 0 Å². The van der Waals surface area contributed by atoms with Gasteiger partial charge in [-0.05, 0) is 26.7 Å². The van der Waals surface area contributed by atoms with Gasteiger partial charge in [-0.25, -0.2) is 9.59 Å². The fraction of sp³-hybridized carbons (Fsp3) is 0.867. The van der Waals surface area contributed by atoms with Crippen LogP contribution in [0.3, 0.4) is 0 Å². The smallest absolute Gasteiger partial charge is 0.341 e. The van der Waals surface area contributed by atoms with E-state index in [4.69, 9.17) is 18.9 Å². The Morgan fingerprint density at radius 2 is 1.19 bits per heavy atom. The summed E-state index contributed by atoms with van der Waals surface area (Å²) in [6.45, 7) is 7.18. The molecule has 1 heterocycles. The van der Waals surface area contributed by atoms with E-state index in [2.05, 4.69) is 0 Å². The third kappa shape index (κ3) is 2.79. The van der Waals surface area contributed by atoms with Gasteiger partial charge in [0.1, 0.15) is 0 Å². The van der Waals surface area contributed by atoms with Crippen LogP contribution in [0.5, 0.6) is 0 Å². The highest BCUT2D eigenvalue weighted by Gasteiger charge is 2.72. The summed E-state index contributed by atoms with van der Waals surface area (Å²) in [5, 5.41) is 0. The molecule has 6 heteroatoms. The largest absolute Gasteiger partial charge is 0.467 e. The number of ether oxygens (including phenoxy) is 4. The molecular weight excluding hydrogens is 276 g/mol. The minimum Gasteiger partial charge on any atom is -0.467 e. The van der Waals surface area contributed by atoms with E-state index in [9.17, 15) is 9.59 Å². The van der Waals surface area contributed by atoms with Crippen molar-refractivity contribution in [3.63, 3.8) is 0 Å². The van der Waals surface area contributed by atoms with E-state index < -0.39 is 28.9 Å². The van der Waals surface area contributed by atoms with E-state index >= 15 is 0 Å². The average molecular weight is 302 g/mol. The van der Waals surface area contributed by atoms with E-state index in [0.29, 0.717) is 25.7 Å². The molecule has 0 spiro atoms. The van der Waals surface area contributed by atoms with Crippen molar-refractivity contribution in [3.05, 3.63) is 0 Å². The molecule has 122 valence electrons. The van der Waals surface area contributed by atoms with E-state index in [1.165, 1.54) is 14.2 Å². The first-order valence-corrected chi connectivity index (χ1v) is 7.32. The molecule has 1 aliphatic rings. The highest BCUT2D eigenvalue weighted by Crippen LogP contribution is 2.50. The first-order chi connectivity index (χ1) is 9.75. The van der Waals surface area contributed by atoms with Crippen LogP contribution in [0.15, 0.2) is 0 Å². The second-order valence-electron chi connectivity index (χ2n) is 5.74. The predicted octanol–water partition coefficient (Wildman–Crippen LogP) is 2.19. The van der Waals surface area contributed by atoms with Gasteiger partial charge in [-0.15, -0.1) is 0 Å². The fourth-order valence-corrected chi connectivity index (χ4v) is 3.18. The lowest BCUT2D eigenvalue weighted by Crippen LogP contribution is -2.62. The Balaban J connectivity index is 3.51. The van der Waals surface area contributed by atoms with Crippen LogP contribution in [0.1, 0.15) is 53.4 Å². The number of hydrogen-bond acceptors (Lipinski definition) is 6. The zero-order chi connectivity index (χ0) is 16.3. The van der Waals surface area contributed by atoms with Gasteiger partial charge in [-0.2, -0.15) is 0 Å². The van der Waals surface area contributed by atoms with Gasteiger partial charge < -0.3 is 18.9 Å². The van der Waals surface area contributed by atoms with Crippen molar-refractivity contribution in [1.29, 1.82) is 0 Å². The molecule has 1 aliphatic heterocycles. The zero-order valence-corrected chi connectivity index (χ0v) is 13.8. The molecule has 0 bridgehead atoms. The summed E-state index contributed by atoms with van der Waals surface area (Å²) in [4.78, 5) is 25.0. The molecule has 0 aliphatic carbocycles. The molecule has 1 fully saturated rings. The molecule has 0 saturated carbocycles. The maximum atomic E-state index is 12.5. The average Bonchev–Trinajstić information content (AvgIpc) is 2.66. The monoisotopic (exact) mass is 302 g/mol. The van der Waals surface area contributed by atoms with Gasteiger partial charge in [0.2, 0.25) is 11.2 Å².